The molecule has 2 aromatic rings. The second-order valence-electron chi connectivity index (χ2n) is 5.46. The van der Waals surface area contributed by atoms with E-state index in [-0.39, 0.29) is 6.61 Å². The van der Waals surface area contributed by atoms with Gasteiger partial charge in [-0.3, -0.25) is 0 Å². The zero-order chi connectivity index (χ0) is 19.8. The van der Waals surface area contributed by atoms with E-state index in [1.165, 1.54) is 0 Å². The van der Waals surface area contributed by atoms with Gasteiger partial charge in [-0.05, 0) is 42.8 Å². The second kappa shape index (κ2) is 9.52. The summed E-state index contributed by atoms with van der Waals surface area (Å²) < 4.78 is 26.5. The summed E-state index contributed by atoms with van der Waals surface area (Å²) in [6.45, 7) is 2.03. The molecule has 6 heteroatoms. The maximum Gasteiger partial charge on any atom is 0.338 e. The SMILES string of the molecule is CCOC(=O)/C(=C/c1ccc(OC)cc1OC)c1ccc(OC)c(OC)c1. The van der Waals surface area contributed by atoms with Crippen LogP contribution in [0.25, 0.3) is 11.6 Å². The van der Waals surface area contributed by atoms with Crippen LogP contribution in [0.3, 0.4) is 0 Å². The Balaban J connectivity index is 2.59. The molecule has 0 aliphatic carbocycles. The Morgan fingerprint density at radius 3 is 2.15 bits per heavy atom. The lowest BCUT2D eigenvalue weighted by Gasteiger charge is -2.13. The van der Waals surface area contributed by atoms with E-state index in [9.17, 15) is 4.79 Å². The van der Waals surface area contributed by atoms with Crippen LogP contribution in [-0.4, -0.2) is 41.0 Å². The van der Waals surface area contributed by atoms with Crippen molar-refractivity contribution >= 4 is 17.6 Å². The molecule has 0 heterocycles. The molecule has 0 bridgehead atoms. The van der Waals surface area contributed by atoms with Crippen LogP contribution in [0.4, 0.5) is 0 Å². The van der Waals surface area contributed by atoms with Crippen molar-refractivity contribution in [2.75, 3.05) is 35.0 Å². The summed E-state index contributed by atoms with van der Waals surface area (Å²) in [5.74, 6) is 1.89. The van der Waals surface area contributed by atoms with Crippen molar-refractivity contribution in [2.45, 2.75) is 6.92 Å². The number of rotatable bonds is 8. The Morgan fingerprint density at radius 2 is 1.56 bits per heavy atom. The zero-order valence-electron chi connectivity index (χ0n) is 16.2. The van der Waals surface area contributed by atoms with Gasteiger partial charge in [-0.25, -0.2) is 4.79 Å². The van der Waals surface area contributed by atoms with Crippen molar-refractivity contribution < 1.29 is 28.5 Å². The lowest BCUT2D eigenvalue weighted by Crippen LogP contribution is -2.07. The lowest BCUT2D eigenvalue weighted by molar-refractivity contribution is -0.136. The highest BCUT2D eigenvalue weighted by atomic mass is 16.5. The van der Waals surface area contributed by atoms with E-state index in [0.29, 0.717) is 34.1 Å². The van der Waals surface area contributed by atoms with Gasteiger partial charge in [0.15, 0.2) is 11.5 Å². The Labute approximate surface area is 159 Å². The van der Waals surface area contributed by atoms with E-state index < -0.39 is 5.97 Å². The van der Waals surface area contributed by atoms with Gasteiger partial charge in [0.1, 0.15) is 11.5 Å². The van der Waals surface area contributed by atoms with Crippen LogP contribution in [0, 0.1) is 0 Å². The van der Waals surface area contributed by atoms with Gasteiger partial charge in [0, 0.05) is 11.6 Å². The van der Waals surface area contributed by atoms with Gasteiger partial charge in [-0.2, -0.15) is 0 Å². The normalized spacial score (nSPS) is 10.9. The second-order valence-corrected chi connectivity index (χ2v) is 5.46. The lowest BCUT2D eigenvalue weighted by atomic mass is 10.0. The van der Waals surface area contributed by atoms with Crippen LogP contribution in [-0.2, 0) is 9.53 Å². The third-order valence-corrected chi connectivity index (χ3v) is 3.93. The highest BCUT2D eigenvalue weighted by molar-refractivity contribution is 6.21. The molecule has 2 aromatic carbocycles. The molecule has 0 radical (unpaired) electrons. The molecule has 0 spiro atoms. The quantitative estimate of drug-likeness (QED) is 0.399. The molecule has 0 aromatic heterocycles. The summed E-state index contributed by atoms with van der Waals surface area (Å²) in [5, 5.41) is 0. The minimum atomic E-state index is -0.442. The van der Waals surface area contributed by atoms with Gasteiger partial charge in [-0.15, -0.1) is 0 Å². The summed E-state index contributed by atoms with van der Waals surface area (Å²) in [7, 11) is 6.24. The number of esters is 1. The van der Waals surface area contributed by atoms with Gasteiger partial charge in [0.25, 0.3) is 0 Å². The van der Waals surface area contributed by atoms with Crippen molar-refractivity contribution in [1.82, 2.24) is 0 Å². The maximum absolute atomic E-state index is 12.6. The molecule has 144 valence electrons. The van der Waals surface area contributed by atoms with Crippen LogP contribution in [0.5, 0.6) is 23.0 Å². The molecule has 6 nitrogen and oxygen atoms in total. The fourth-order valence-electron chi connectivity index (χ4n) is 2.57. The predicted octanol–water partition coefficient (Wildman–Crippen LogP) is 3.82. The first-order valence-electron chi connectivity index (χ1n) is 8.41. The highest BCUT2D eigenvalue weighted by Crippen LogP contribution is 2.33. The van der Waals surface area contributed by atoms with Crippen LogP contribution in [0.15, 0.2) is 36.4 Å². The molecule has 0 saturated heterocycles. The monoisotopic (exact) mass is 372 g/mol. The summed E-state index contributed by atoms with van der Waals surface area (Å²) in [5.41, 5.74) is 1.74. The fraction of sp³-hybridized carbons (Fsp3) is 0.286. The van der Waals surface area contributed by atoms with E-state index in [1.807, 2.05) is 6.07 Å². The molecule has 0 unspecified atom stereocenters. The molecule has 0 atom stereocenters. The minimum Gasteiger partial charge on any atom is -0.497 e. The number of methoxy groups -OCH3 is 4. The standard InChI is InChI=1S/C21H24O6/c1-6-27-21(22)17(14-8-10-18(24-3)20(12-14)26-5)11-15-7-9-16(23-2)13-19(15)25-4/h7-13H,6H2,1-5H3/b17-11+. The Bertz CT molecular complexity index is 825. The molecular weight excluding hydrogens is 348 g/mol. The third kappa shape index (κ3) is 4.73. The van der Waals surface area contributed by atoms with Crippen molar-refractivity contribution in [2.24, 2.45) is 0 Å². The van der Waals surface area contributed by atoms with Gasteiger partial charge < -0.3 is 23.7 Å². The average molecular weight is 372 g/mol. The molecular formula is C21H24O6. The first-order chi connectivity index (χ1) is 13.1. The van der Waals surface area contributed by atoms with Crippen molar-refractivity contribution in [3.63, 3.8) is 0 Å². The molecule has 0 aliphatic heterocycles. The number of carbonyl (C=O) groups is 1. The maximum atomic E-state index is 12.6. The Hall–Kier alpha value is -3.15. The number of hydrogen-bond acceptors (Lipinski definition) is 6. The molecule has 27 heavy (non-hydrogen) atoms. The van der Waals surface area contributed by atoms with Gasteiger partial charge >= 0.3 is 5.97 Å². The van der Waals surface area contributed by atoms with Gasteiger partial charge in [0.2, 0.25) is 0 Å². The predicted molar refractivity (Wildman–Crippen MR) is 104 cm³/mol. The van der Waals surface area contributed by atoms with Crippen molar-refractivity contribution in [3.05, 3.63) is 47.5 Å². The summed E-state index contributed by atoms with van der Waals surface area (Å²) in [6.07, 6.45) is 1.72. The smallest absolute Gasteiger partial charge is 0.338 e. The number of ether oxygens (including phenoxy) is 5. The Kier molecular flexibility index (Phi) is 7.11. The van der Waals surface area contributed by atoms with Gasteiger partial charge in [0.05, 0.1) is 40.6 Å². The zero-order valence-corrected chi connectivity index (χ0v) is 16.2. The number of benzene rings is 2. The first kappa shape index (κ1) is 20.2. The van der Waals surface area contributed by atoms with Crippen molar-refractivity contribution in [3.8, 4) is 23.0 Å². The molecule has 0 amide bonds. The summed E-state index contributed by atoms with van der Waals surface area (Å²) in [6, 6.07) is 10.6. The molecule has 0 N–H and O–H groups in total. The molecule has 0 fully saturated rings. The average Bonchev–Trinajstić information content (AvgIpc) is 2.71. The highest BCUT2D eigenvalue weighted by Gasteiger charge is 2.17. The molecule has 0 aliphatic rings. The molecule has 0 saturated carbocycles. The Morgan fingerprint density at radius 1 is 0.852 bits per heavy atom. The summed E-state index contributed by atoms with van der Waals surface area (Å²) in [4.78, 5) is 12.6. The third-order valence-electron chi connectivity index (χ3n) is 3.93. The van der Waals surface area contributed by atoms with Crippen LogP contribution in [0.1, 0.15) is 18.1 Å². The first-order valence-corrected chi connectivity index (χ1v) is 8.41. The van der Waals surface area contributed by atoms with Crippen molar-refractivity contribution in [1.29, 1.82) is 0 Å². The van der Waals surface area contributed by atoms with E-state index in [2.05, 4.69) is 0 Å². The van der Waals surface area contributed by atoms with Crippen LogP contribution >= 0.6 is 0 Å². The van der Waals surface area contributed by atoms with Crippen LogP contribution in [0.2, 0.25) is 0 Å². The number of carbonyl (C=O) groups excluding carboxylic acids is 1. The molecule has 2 rings (SSSR count). The van der Waals surface area contributed by atoms with E-state index in [0.717, 1.165) is 5.56 Å². The largest absolute Gasteiger partial charge is 0.497 e. The van der Waals surface area contributed by atoms with E-state index >= 15 is 0 Å². The van der Waals surface area contributed by atoms with Crippen LogP contribution < -0.4 is 18.9 Å². The number of hydrogen-bond donors (Lipinski definition) is 0. The fourth-order valence-corrected chi connectivity index (χ4v) is 2.57. The topological polar surface area (TPSA) is 63.2 Å². The van der Waals surface area contributed by atoms with E-state index in [1.54, 1.807) is 71.8 Å². The minimum absolute atomic E-state index is 0.267. The van der Waals surface area contributed by atoms with Gasteiger partial charge in [-0.1, -0.05) is 6.07 Å². The summed E-state index contributed by atoms with van der Waals surface area (Å²) >= 11 is 0. The van der Waals surface area contributed by atoms with E-state index in [4.69, 9.17) is 23.7 Å².